The average molecular weight is 293 g/mol. The van der Waals surface area contributed by atoms with Gasteiger partial charge in [0.15, 0.2) is 0 Å². The van der Waals surface area contributed by atoms with E-state index in [1.807, 2.05) is 7.11 Å². The van der Waals surface area contributed by atoms with E-state index in [0.29, 0.717) is 0 Å². The van der Waals surface area contributed by atoms with Crippen molar-refractivity contribution in [2.24, 2.45) is 0 Å². The molecule has 0 atom stereocenters. The van der Waals surface area contributed by atoms with E-state index >= 15 is 0 Å². The second-order valence-electron chi connectivity index (χ2n) is 4.48. The third kappa shape index (κ3) is 9.07. The second kappa shape index (κ2) is 8.10. The SMILES string of the molecule is CCCCCCC[CH2][Sn]([CH3])([CH3])[O]C. The van der Waals surface area contributed by atoms with Crippen molar-refractivity contribution in [3.8, 4) is 0 Å². The van der Waals surface area contributed by atoms with Gasteiger partial charge in [0.1, 0.15) is 0 Å². The van der Waals surface area contributed by atoms with Crippen molar-refractivity contribution in [3.05, 3.63) is 0 Å². The van der Waals surface area contributed by atoms with Crippen molar-refractivity contribution >= 4 is 18.8 Å². The molecule has 0 aliphatic rings. The number of rotatable bonds is 8. The minimum absolute atomic E-state index is 1.35. The van der Waals surface area contributed by atoms with Crippen LogP contribution >= 0.6 is 0 Å². The maximum atomic E-state index is 5.58. The van der Waals surface area contributed by atoms with Crippen LogP contribution in [0.2, 0.25) is 14.3 Å². The van der Waals surface area contributed by atoms with Crippen LogP contribution in [0, 0.1) is 0 Å². The molecule has 0 saturated carbocycles. The van der Waals surface area contributed by atoms with Gasteiger partial charge in [0, 0.05) is 0 Å². The van der Waals surface area contributed by atoms with Gasteiger partial charge in [-0.25, -0.2) is 0 Å². The fourth-order valence-corrected chi connectivity index (χ4v) is 5.16. The van der Waals surface area contributed by atoms with E-state index in [2.05, 4.69) is 16.8 Å². The third-order valence-electron chi connectivity index (χ3n) is 2.68. The summed E-state index contributed by atoms with van der Waals surface area (Å²) >= 11 is -1.93. The Balaban J connectivity index is 3.16. The maximum absolute atomic E-state index is 5.58. The summed E-state index contributed by atoms with van der Waals surface area (Å²) in [7, 11) is 1.90. The van der Waals surface area contributed by atoms with Crippen molar-refractivity contribution in [1.82, 2.24) is 0 Å². The molecular formula is C11H26OSn. The van der Waals surface area contributed by atoms with Gasteiger partial charge in [-0.2, -0.15) is 0 Å². The molecule has 0 radical (unpaired) electrons. The first-order chi connectivity index (χ1) is 6.12. The van der Waals surface area contributed by atoms with Gasteiger partial charge < -0.3 is 0 Å². The Morgan fingerprint density at radius 2 is 1.46 bits per heavy atom. The molecule has 0 heterocycles. The first-order valence-electron chi connectivity index (χ1n) is 5.67. The Morgan fingerprint density at radius 1 is 0.923 bits per heavy atom. The van der Waals surface area contributed by atoms with Crippen LogP contribution < -0.4 is 0 Å². The first-order valence-corrected chi connectivity index (χ1v) is 14.6. The fraction of sp³-hybridized carbons (Fsp3) is 1.00. The molecule has 0 fully saturated rings. The second-order valence-corrected chi connectivity index (χ2v) is 17.1. The van der Waals surface area contributed by atoms with E-state index in [0.717, 1.165) is 0 Å². The molecule has 13 heavy (non-hydrogen) atoms. The molecule has 0 bridgehead atoms. The Bertz CT molecular complexity index is 113. The van der Waals surface area contributed by atoms with Gasteiger partial charge in [-0.15, -0.1) is 0 Å². The van der Waals surface area contributed by atoms with Crippen LogP contribution in [-0.2, 0) is 3.07 Å². The molecule has 2 heteroatoms. The van der Waals surface area contributed by atoms with Gasteiger partial charge in [-0.3, -0.25) is 0 Å². The van der Waals surface area contributed by atoms with Crippen LogP contribution in [-0.4, -0.2) is 25.9 Å². The van der Waals surface area contributed by atoms with E-state index in [1.54, 1.807) is 0 Å². The Kier molecular flexibility index (Phi) is 8.57. The molecule has 0 saturated heterocycles. The van der Waals surface area contributed by atoms with Crippen molar-refractivity contribution < 1.29 is 3.07 Å². The van der Waals surface area contributed by atoms with Gasteiger partial charge in [-0.05, 0) is 0 Å². The molecule has 0 N–H and O–H groups in total. The van der Waals surface area contributed by atoms with Crippen molar-refractivity contribution in [2.45, 2.75) is 59.8 Å². The van der Waals surface area contributed by atoms with Crippen LogP contribution in [0.25, 0.3) is 0 Å². The van der Waals surface area contributed by atoms with Crippen LogP contribution in [0.5, 0.6) is 0 Å². The van der Waals surface area contributed by atoms with Crippen LogP contribution in [0.4, 0.5) is 0 Å². The summed E-state index contributed by atoms with van der Waals surface area (Å²) in [5.41, 5.74) is 0. The summed E-state index contributed by atoms with van der Waals surface area (Å²) in [5.74, 6) is 0. The molecule has 1 nitrogen and oxygen atoms in total. The zero-order valence-corrected chi connectivity index (χ0v) is 12.7. The minimum atomic E-state index is -1.93. The Hall–Kier alpha value is 0.759. The number of hydrogen-bond acceptors (Lipinski definition) is 1. The Labute approximate surface area is 88.7 Å². The number of hydrogen-bond donors (Lipinski definition) is 0. The summed E-state index contributed by atoms with van der Waals surface area (Å²) < 4.78 is 6.98. The van der Waals surface area contributed by atoms with Gasteiger partial charge in [-0.1, -0.05) is 0 Å². The standard InChI is InChI=1S/C8H17.CH3O.2CH3.Sn/c1-3-5-7-8-6-4-2;1-2;;;/h1,3-8H2,2H3;1H3;2*1H3;/q;-1;;;+1. The molecule has 80 valence electrons. The van der Waals surface area contributed by atoms with Crippen molar-refractivity contribution in [3.63, 3.8) is 0 Å². The average Bonchev–Trinajstić information content (AvgIpc) is 2.11. The van der Waals surface area contributed by atoms with Crippen molar-refractivity contribution in [2.75, 3.05) is 7.11 Å². The van der Waals surface area contributed by atoms with Crippen LogP contribution in [0.3, 0.4) is 0 Å². The quantitative estimate of drug-likeness (QED) is 0.481. The van der Waals surface area contributed by atoms with E-state index in [1.165, 1.54) is 43.0 Å². The van der Waals surface area contributed by atoms with Gasteiger partial charge in [0.2, 0.25) is 0 Å². The monoisotopic (exact) mass is 294 g/mol. The van der Waals surface area contributed by atoms with Crippen molar-refractivity contribution in [1.29, 1.82) is 0 Å². The predicted octanol–water partition coefficient (Wildman–Crippen LogP) is 4.20. The normalized spacial score (nSPS) is 12.0. The van der Waals surface area contributed by atoms with Gasteiger partial charge >= 0.3 is 88.7 Å². The van der Waals surface area contributed by atoms with E-state index in [9.17, 15) is 0 Å². The molecule has 0 rings (SSSR count). The zero-order chi connectivity index (χ0) is 10.2. The van der Waals surface area contributed by atoms with E-state index in [4.69, 9.17) is 3.07 Å². The summed E-state index contributed by atoms with van der Waals surface area (Å²) in [4.78, 5) is 4.75. The molecule has 0 unspecified atom stereocenters. The summed E-state index contributed by atoms with van der Waals surface area (Å²) in [5, 5.41) is 0. The molecule has 0 amide bonds. The molecule has 0 aliphatic carbocycles. The summed E-state index contributed by atoms with van der Waals surface area (Å²) in [6.07, 6.45) is 8.45. The van der Waals surface area contributed by atoms with Crippen LogP contribution in [0.1, 0.15) is 45.4 Å². The topological polar surface area (TPSA) is 9.23 Å². The Morgan fingerprint density at radius 3 is 2.00 bits per heavy atom. The van der Waals surface area contributed by atoms with E-state index < -0.39 is 18.8 Å². The van der Waals surface area contributed by atoms with Gasteiger partial charge in [0.05, 0.1) is 0 Å². The molecule has 0 aromatic carbocycles. The third-order valence-corrected chi connectivity index (χ3v) is 10.3. The summed E-state index contributed by atoms with van der Waals surface area (Å²) in [6, 6.07) is 0. The molecule has 0 aromatic heterocycles. The number of unbranched alkanes of at least 4 members (excludes halogenated alkanes) is 5. The predicted molar refractivity (Wildman–Crippen MR) is 62.7 cm³/mol. The fourth-order valence-electron chi connectivity index (χ4n) is 1.43. The summed E-state index contributed by atoms with van der Waals surface area (Å²) in [6.45, 7) is 2.27. The molecule has 0 aliphatic heterocycles. The van der Waals surface area contributed by atoms with E-state index in [-0.39, 0.29) is 0 Å². The molecule has 0 aromatic rings. The first kappa shape index (κ1) is 13.8. The van der Waals surface area contributed by atoms with Crippen LogP contribution in [0.15, 0.2) is 0 Å². The van der Waals surface area contributed by atoms with Gasteiger partial charge in [0.25, 0.3) is 0 Å². The zero-order valence-electron chi connectivity index (χ0n) is 9.86. The molecule has 0 spiro atoms. The molecular weight excluding hydrogens is 267 g/mol.